The number of ether oxygens (including phenoxy) is 1. The van der Waals surface area contributed by atoms with Crippen molar-refractivity contribution < 1.29 is 20.5 Å². The van der Waals surface area contributed by atoms with Gasteiger partial charge < -0.3 is 19.9 Å². The van der Waals surface area contributed by atoms with E-state index in [9.17, 15) is 14.4 Å². The third-order valence-electron chi connectivity index (χ3n) is 6.45. The van der Waals surface area contributed by atoms with Gasteiger partial charge in [0.25, 0.3) is 0 Å². The number of aryl methyl sites for hydroxylation is 1. The van der Waals surface area contributed by atoms with Crippen molar-refractivity contribution in [2.45, 2.75) is 57.8 Å². The van der Waals surface area contributed by atoms with Crippen molar-refractivity contribution in [3.05, 3.63) is 59.7 Å². The van der Waals surface area contributed by atoms with Gasteiger partial charge in [0, 0.05) is 47.0 Å². The van der Waals surface area contributed by atoms with Crippen LogP contribution in [0, 0.1) is 0 Å². The van der Waals surface area contributed by atoms with Crippen LogP contribution >= 0.6 is 0 Å². The van der Waals surface area contributed by atoms with E-state index in [4.69, 9.17) is 4.74 Å². The fourth-order valence-corrected chi connectivity index (χ4v) is 4.28. The minimum Gasteiger partial charge on any atom is -0.461 e. The second kappa shape index (κ2) is 15.0. The summed E-state index contributed by atoms with van der Waals surface area (Å²) in [6.45, 7) is 3.31. The minimum absolute atomic E-state index is 0. The zero-order valence-corrected chi connectivity index (χ0v) is 20.8. The molecule has 0 aromatic heterocycles. The van der Waals surface area contributed by atoms with Crippen LogP contribution in [-0.4, -0.2) is 67.0 Å². The molecular weight excluding hydrogens is 442 g/mol. The summed E-state index contributed by atoms with van der Waals surface area (Å²) in [5, 5.41) is 2.98. The topological polar surface area (TPSA) is 79.0 Å². The number of hydrogen-bond acceptors (Lipinski definition) is 4. The molecule has 2 aliphatic rings. The lowest BCUT2D eigenvalue weighted by atomic mass is 10.1. The summed E-state index contributed by atoms with van der Waals surface area (Å²) in [5.74, 6) is 0.0107. The van der Waals surface area contributed by atoms with Gasteiger partial charge in [0.05, 0.1) is 0 Å². The van der Waals surface area contributed by atoms with Crippen molar-refractivity contribution in [2.24, 2.45) is 0 Å². The Morgan fingerprint density at radius 1 is 0.886 bits per heavy atom. The highest BCUT2D eigenvalue weighted by molar-refractivity contribution is 5.78. The van der Waals surface area contributed by atoms with Crippen molar-refractivity contribution in [3.8, 4) is 0 Å². The monoisotopic (exact) mass is 483 g/mol. The Bertz CT molecular complexity index is 880. The molecule has 1 fully saturated rings. The molecule has 7 nitrogen and oxygen atoms in total. The van der Waals surface area contributed by atoms with Crippen LogP contribution in [0.15, 0.2) is 54.1 Å². The van der Waals surface area contributed by atoms with E-state index in [-0.39, 0.29) is 19.3 Å². The van der Waals surface area contributed by atoms with Gasteiger partial charge in [-0.1, -0.05) is 61.4 Å². The maximum Gasteiger partial charge on any atom is 0.317 e. The first-order chi connectivity index (χ1) is 17.1. The van der Waals surface area contributed by atoms with Crippen molar-refractivity contribution in [3.63, 3.8) is 0 Å². The highest BCUT2D eigenvalue weighted by Crippen LogP contribution is 2.11. The first-order valence-corrected chi connectivity index (χ1v) is 13.0. The summed E-state index contributed by atoms with van der Waals surface area (Å²) in [6, 6.07) is 9.98. The molecule has 7 heteroatoms. The molecule has 1 aliphatic carbocycles. The van der Waals surface area contributed by atoms with E-state index in [1.165, 1.54) is 5.56 Å². The summed E-state index contributed by atoms with van der Waals surface area (Å²) >= 11 is 0. The van der Waals surface area contributed by atoms with Crippen molar-refractivity contribution in [1.29, 1.82) is 0 Å². The quantitative estimate of drug-likeness (QED) is 0.351. The SMILES string of the molecule is O=C(CCCCCCNC(=O)N1CCN(C(=O)CCc2ccccc2)CC1)OCC1=CCCC=C1.[HH]. The number of nitrogens with zero attached hydrogens (tertiary/aromatic N) is 2. The predicted molar refractivity (Wildman–Crippen MR) is 139 cm³/mol. The standard InChI is InChI=1S/C28H39N3O4.H2/c32-26(17-16-24-11-5-3-6-12-24)30-19-21-31(22-20-30)28(34)29-18-10-2-1-9-15-27(33)35-23-25-13-7-4-8-14-25;/h3,5-7,11-14H,1-2,4,8-10,15-23H2,(H,29,34);1H. The number of nitrogens with one attached hydrogen (secondary N) is 1. The molecule has 3 amide bonds. The fraction of sp³-hybridized carbons (Fsp3) is 0.536. The molecule has 0 unspecified atom stereocenters. The highest BCUT2D eigenvalue weighted by atomic mass is 16.5. The summed E-state index contributed by atoms with van der Waals surface area (Å²) in [5.41, 5.74) is 2.25. The van der Waals surface area contributed by atoms with Gasteiger partial charge >= 0.3 is 12.0 Å². The smallest absolute Gasteiger partial charge is 0.317 e. The number of unbranched alkanes of at least 4 members (excludes halogenated alkanes) is 3. The number of amides is 3. The number of allylic oxidation sites excluding steroid dienone is 2. The molecule has 1 aromatic carbocycles. The summed E-state index contributed by atoms with van der Waals surface area (Å²) < 4.78 is 5.32. The van der Waals surface area contributed by atoms with E-state index in [1.54, 1.807) is 4.90 Å². The van der Waals surface area contributed by atoms with Crippen LogP contribution in [0.4, 0.5) is 4.79 Å². The van der Waals surface area contributed by atoms with Crippen LogP contribution in [0.2, 0.25) is 0 Å². The van der Waals surface area contributed by atoms with Crippen LogP contribution in [-0.2, 0) is 20.7 Å². The fourth-order valence-electron chi connectivity index (χ4n) is 4.28. The highest BCUT2D eigenvalue weighted by Gasteiger charge is 2.23. The summed E-state index contributed by atoms with van der Waals surface area (Å²) in [6.07, 6.45) is 13.6. The lowest BCUT2D eigenvalue weighted by molar-refractivity contribution is -0.142. The largest absolute Gasteiger partial charge is 0.461 e. The second-order valence-electron chi connectivity index (χ2n) is 9.17. The van der Waals surface area contributed by atoms with Gasteiger partial charge in [-0.25, -0.2) is 4.79 Å². The zero-order valence-electron chi connectivity index (χ0n) is 20.8. The molecule has 1 saturated heterocycles. The Morgan fingerprint density at radius 3 is 2.37 bits per heavy atom. The number of benzene rings is 1. The Hall–Kier alpha value is -3.09. The number of piperazine rings is 1. The predicted octanol–water partition coefficient (Wildman–Crippen LogP) is 4.49. The summed E-state index contributed by atoms with van der Waals surface area (Å²) in [7, 11) is 0. The Labute approximate surface area is 210 Å². The number of hydrogen-bond donors (Lipinski definition) is 1. The minimum atomic E-state index is -0.143. The molecule has 3 rings (SSSR count). The average Bonchev–Trinajstić information content (AvgIpc) is 2.91. The Balaban J connectivity index is 0.00000456. The van der Waals surface area contributed by atoms with Gasteiger partial charge in [0.1, 0.15) is 6.61 Å². The average molecular weight is 484 g/mol. The van der Waals surface area contributed by atoms with E-state index in [1.807, 2.05) is 41.3 Å². The molecule has 0 spiro atoms. The van der Waals surface area contributed by atoms with Crippen molar-refractivity contribution in [1.82, 2.24) is 15.1 Å². The molecule has 0 saturated carbocycles. The Kier molecular flexibility index (Phi) is 11.4. The van der Waals surface area contributed by atoms with E-state index >= 15 is 0 Å². The van der Waals surface area contributed by atoms with Crippen LogP contribution in [0.1, 0.15) is 58.4 Å². The number of esters is 1. The van der Waals surface area contributed by atoms with Crippen LogP contribution in [0.3, 0.4) is 0 Å². The maximum atomic E-state index is 12.5. The first-order valence-electron chi connectivity index (χ1n) is 13.0. The molecule has 1 aliphatic heterocycles. The molecule has 0 bridgehead atoms. The normalized spacial score (nSPS) is 15.5. The zero-order chi connectivity index (χ0) is 24.7. The molecule has 1 aromatic rings. The third kappa shape index (κ3) is 9.97. The van der Waals surface area contributed by atoms with Gasteiger partial charge in [-0.15, -0.1) is 0 Å². The molecule has 192 valence electrons. The van der Waals surface area contributed by atoms with Gasteiger partial charge in [0.2, 0.25) is 5.91 Å². The van der Waals surface area contributed by atoms with Crippen LogP contribution in [0.5, 0.6) is 0 Å². The van der Waals surface area contributed by atoms with Crippen LogP contribution < -0.4 is 5.32 Å². The number of urea groups is 1. The Morgan fingerprint density at radius 2 is 1.63 bits per heavy atom. The number of carbonyl (C=O) groups is 3. The molecule has 1 heterocycles. The lowest BCUT2D eigenvalue weighted by Crippen LogP contribution is -2.53. The van der Waals surface area contributed by atoms with Gasteiger partial charge in [-0.05, 0) is 43.2 Å². The number of rotatable bonds is 12. The molecule has 35 heavy (non-hydrogen) atoms. The van der Waals surface area contributed by atoms with Gasteiger partial charge in [0.15, 0.2) is 0 Å². The number of carbonyl (C=O) groups excluding carboxylic acids is 3. The van der Waals surface area contributed by atoms with E-state index < -0.39 is 0 Å². The molecule has 0 radical (unpaired) electrons. The maximum absolute atomic E-state index is 12.5. The first kappa shape index (κ1) is 26.5. The van der Waals surface area contributed by atoms with E-state index in [2.05, 4.69) is 17.5 Å². The molecule has 1 N–H and O–H groups in total. The lowest BCUT2D eigenvalue weighted by Gasteiger charge is -2.34. The second-order valence-corrected chi connectivity index (χ2v) is 9.17. The van der Waals surface area contributed by atoms with E-state index in [0.717, 1.165) is 50.5 Å². The molecular formula is C28H41N3O4. The van der Waals surface area contributed by atoms with E-state index in [0.29, 0.717) is 52.2 Å². The third-order valence-corrected chi connectivity index (χ3v) is 6.45. The van der Waals surface area contributed by atoms with Crippen LogP contribution in [0.25, 0.3) is 0 Å². The van der Waals surface area contributed by atoms with Gasteiger partial charge in [-0.2, -0.15) is 0 Å². The van der Waals surface area contributed by atoms with Gasteiger partial charge in [-0.3, -0.25) is 9.59 Å². The summed E-state index contributed by atoms with van der Waals surface area (Å²) in [4.78, 5) is 40.4. The molecule has 0 atom stereocenters. The van der Waals surface area contributed by atoms with Crippen molar-refractivity contribution >= 4 is 17.9 Å². The van der Waals surface area contributed by atoms with Crippen molar-refractivity contribution in [2.75, 3.05) is 39.3 Å².